The van der Waals surface area contributed by atoms with Gasteiger partial charge in [0.25, 0.3) is 0 Å². The molecule has 0 saturated heterocycles. The van der Waals surface area contributed by atoms with Crippen molar-refractivity contribution in [2.24, 2.45) is 0 Å². The van der Waals surface area contributed by atoms with Crippen molar-refractivity contribution in [2.45, 2.75) is 110 Å². The van der Waals surface area contributed by atoms with Crippen molar-refractivity contribution in [1.82, 2.24) is 5.32 Å². The molecule has 8 heteroatoms. The minimum atomic E-state index is -0.208. The molecule has 0 bridgehead atoms. The number of nitrogens with one attached hydrogen (secondary N) is 2. The standard InChI is InChI=1S/C33H58N2O6/c1-2-3-4-5-6-7-8-9-10-11-12-13-14-15-16-17-20-34-33(36)35-30-18-19-31-32(29-30)41-28-26-39-24-22-37-21-23-38-25-27-40-31/h18-19,29H,2-17,20-28H2,1H3,(H2,34,35,36). The van der Waals surface area contributed by atoms with Crippen LogP contribution in [0.3, 0.4) is 0 Å². The second kappa shape index (κ2) is 25.7. The average molecular weight is 579 g/mol. The molecule has 0 radical (unpaired) electrons. The normalized spacial score (nSPS) is 15.0. The van der Waals surface area contributed by atoms with Crippen LogP contribution in [-0.4, -0.2) is 65.4 Å². The van der Waals surface area contributed by atoms with Crippen molar-refractivity contribution < 1.29 is 28.5 Å². The van der Waals surface area contributed by atoms with Gasteiger partial charge in [0, 0.05) is 18.3 Å². The number of urea groups is 1. The molecule has 0 aliphatic carbocycles. The van der Waals surface area contributed by atoms with Gasteiger partial charge >= 0.3 is 6.03 Å². The number of unbranched alkanes of at least 4 members (excludes halogenated alkanes) is 15. The molecule has 2 rings (SSSR count). The molecule has 0 spiro atoms. The van der Waals surface area contributed by atoms with Crippen LogP contribution < -0.4 is 20.1 Å². The molecule has 2 amide bonds. The molecule has 0 aromatic heterocycles. The number of amides is 2. The predicted molar refractivity (Wildman–Crippen MR) is 166 cm³/mol. The van der Waals surface area contributed by atoms with Crippen molar-refractivity contribution in [1.29, 1.82) is 0 Å². The Kier molecular flexibility index (Phi) is 22.0. The lowest BCUT2D eigenvalue weighted by molar-refractivity contribution is 0.00708. The van der Waals surface area contributed by atoms with E-state index < -0.39 is 0 Å². The monoisotopic (exact) mass is 578 g/mol. The number of anilines is 1. The van der Waals surface area contributed by atoms with E-state index in [4.69, 9.17) is 23.7 Å². The van der Waals surface area contributed by atoms with Gasteiger partial charge in [-0.25, -0.2) is 4.79 Å². The zero-order valence-electron chi connectivity index (χ0n) is 25.9. The second-order valence-corrected chi connectivity index (χ2v) is 10.9. The first kappa shape index (κ1) is 35.2. The van der Waals surface area contributed by atoms with E-state index in [-0.39, 0.29) is 6.03 Å². The van der Waals surface area contributed by atoms with Crippen molar-refractivity contribution in [3.8, 4) is 11.5 Å². The molecular weight excluding hydrogens is 520 g/mol. The lowest BCUT2D eigenvalue weighted by Gasteiger charge is -2.15. The van der Waals surface area contributed by atoms with E-state index in [2.05, 4.69) is 17.6 Å². The van der Waals surface area contributed by atoms with E-state index in [0.717, 1.165) is 12.8 Å². The number of hydrogen-bond acceptors (Lipinski definition) is 6. The molecule has 0 saturated carbocycles. The van der Waals surface area contributed by atoms with E-state index in [1.807, 2.05) is 12.1 Å². The van der Waals surface area contributed by atoms with Gasteiger partial charge < -0.3 is 34.3 Å². The zero-order valence-corrected chi connectivity index (χ0v) is 25.9. The van der Waals surface area contributed by atoms with Crippen LogP contribution in [0.2, 0.25) is 0 Å². The van der Waals surface area contributed by atoms with Crippen LogP contribution in [-0.2, 0) is 14.2 Å². The van der Waals surface area contributed by atoms with Crippen LogP contribution in [0.4, 0.5) is 10.5 Å². The quantitative estimate of drug-likeness (QED) is 0.172. The smallest absolute Gasteiger partial charge is 0.319 e. The van der Waals surface area contributed by atoms with Gasteiger partial charge in [0.15, 0.2) is 11.5 Å². The van der Waals surface area contributed by atoms with E-state index in [1.54, 1.807) is 6.07 Å². The van der Waals surface area contributed by atoms with Crippen LogP contribution in [0.25, 0.3) is 0 Å². The molecule has 0 unspecified atom stereocenters. The minimum Gasteiger partial charge on any atom is -0.487 e. The molecule has 0 atom stereocenters. The molecule has 236 valence electrons. The highest BCUT2D eigenvalue weighted by Crippen LogP contribution is 2.30. The summed E-state index contributed by atoms with van der Waals surface area (Å²) < 4.78 is 28.2. The fraction of sp³-hybridized carbons (Fsp3) is 0.788. The zero-order chi connectivity index (χ0) is 29.1. The molecule has 1 heterocycles. The van der Waals surface area contributed by atoms with Crippen molar-refractivity contribution >= 4 is 11.7 Å². The first-order valence-electron chi connectivity index (χ1n) is 16.5. The summed E-state index contributed by atoms with van der Waals surface area (Å²) in [4.78, 5) is 12.4. The third kappa shape index (κ3) is 19.7. The molecule has 1 aromatic carbocycles. The molecular formula is C33H58N2O6. The summed E-state index contributed by atoms with van der Waals surface area (Å²) in [6, 6.07) is 5.20. The highest BCUT2D eigenvalue weighted by Gasteiger charge is 2.10. The summed E-state index contributed by atoms with van der Waals surface area (Å²) in [6.07, 6.45) is 21.5. The Bertz CT molecular complexity index is 763. The highest BCUT2D eigenvalue weighted by molar-refractivity contribution is 5.89. The Hall–Kier alpha value is -2.03. The molecule has 41 heavy (non-hydrogen) atoms. The summed E-state index contributed by atoms with van der Waals surface area (Å²) >= 11 is 0. The van der Waals surface area contributed by atoms with E-state index in [1.165, 1.54) is 89.9 Å². The maximum Gasteiger partial charge on any atom is 0.319 e. The van der Waals surface area contributed by atoms with Gasteiger partial charge in [-0.3, -0.25) is 0 Å². The Morgan fingerprint density at radius 2 is 1.02 bits per heavy atom. The Morgan fingerprint density at radius 3 is 1.54 bits per heavy atom. The largest absolute Gasteiger partial charge is 0.487 e. The van der Waals surface area contributed by atoms with E-state index >= 15 is 0 Å². The number of hydrogen-bond donors (Lipinski definition) is 2. The summed E-state index contributed by atoms with van der Waals surface area (Å²) in [7, 11) is 0. The number of carbonyl (C=O) groups is 1. The molecule has 2 N–H and O–H groups in total. The summed E-state index contributed by atoms with van der Waals surface area (Å²) in [6.45, 7) is 6.72. The van der Waals surface area contributed by atoms with Gasteiger partial charge in [-0.05, 0) is 18.6 Å². The second-order valence-electron chi connectivity index (χ2n) is 10.9. The van der Waals surface area contributed by atoms with Gasteiger partial charge in [-0.1, -0.05) is 103 Å². The fourth-order valence-electron chi connectivity index (χ4n) is 4.83. The maximum atomic E-state index is 12.4. The molecule has 0 fully saturated rings. The molecule has 1 aromatic rings. The summed E-state index contributed by atoms with van der Waals surface area (Å²) in [5.74, 6) is 1.18. The lowest BCUT2D eigenvalue weighted by atomic mass is 10.0. The first-order valence-corrected chi connectivity index (χ1v) is 16.5. The van der Waals surface area contributed by atoms with Crippen molar-refractivity contribution in [2.75, 3.05) is 64.7 Å². The van der Waals surface area contributed by atoms with Crippen LogP contribution in [0.5, 0.6) is 11.5 Å². The first-order chi connectivity index (χ1) is 20.3. The van der Waals surface area contributed by atoms with Crippen LogP contribution in [0.1, 0.15) is 110 Å². The van der Waals surface area contributed by atoms with E-state index in [9.17, 15) is 4.79 Å². The summed E-state index contributed by atoms with van der Waals surface area (Å²) in [5.41, 5.74) is 0.653. The SMILES string of the molecule is CCCCCCCCCCCCCCCCCCNC(=O)Nc1ccc2c(c1)OCCOCCOCCOCCO2. The number of benzene rings is 1. The van der Waals surface area contributed by atoms with Crippen LogP contribution in [0, 0.1) is 0 Å². The third-order valence-electron chi connectivity index (χ3n) is 7.23. The molecule has 8 nitrogen and oxygen atoms in total. The van der Waals surface area contributed by atoms with Crippen LogP contribution in [0.15, 0.2) is 18.2 Å². The van der Waals surface area contributed by atoms with Gasteiger partial charge in [0.05, 0.1) is 39.6 Å². The maximum absolute atomic E-state index is 12.4. The van der Waals surface area contributed by atoms with Gasteiger partial charge in [-0.2, -0.15) is 0 Å². The summed E-state index contributed by atoms with van der Waals surface area (Å²) in [5, 5.41) is 5.87. The fourth-order valence-corrected chi connectivity index (χ4v) is 4.83. The van der Waals surface area contributed by atoms with E-state index in [0.29, 0.717) is 76.6 Å². The van der Waals surface area contributed by atoms with Gasteiger partial charge in [0.1, 0.15) is 13.2 Å². The van der Waals surface area contributed by atoms with Gasteiger partial charge in [-0.15, -0.1) is 0 Å². The predicted octanol–water partition coefficient (Wildman–Crippen LogP) is 7.89. The number of ether oxygens (including phenoxy) is 5. The minimum absolute atomic E-state index is 0.208. The number of carbonyl (C=O) groups excluding carboxylic acids is 1. The third-order valence-corrected chi connectivity index (χ3v) is 7.23. The molecule has 1 aliphatic heterocycles. The molecule has 1 aliphatic rings. The Morgan fingerprint density at radius 1 is 0.585 bits per heavy atom. The topological polar surface area (TPSA) is 87.3 Å². The lowest BCUT2D eigenvalue weighted by Crippen LogP contribution is -2.29. The Labute approximate surface area is 249 Å². The van der Waals surface area contributed by atoms with Crippen LogP contribution >= 0.6 is 0 Å². The number of fused-ring (bicyclic) bond motifs is 1. The highest BCUT2D eigenvalue weighted by atomic mass is 16.6. The number of rotatable bonds is 18. The van der Waals surface area contributed by atoms with Crippen molar-refractivity contribution in [3.05, 3.63) is 18.2 Å². The van der Waals surface area contributed by atoms with Gasteiger partial charge in [0.2, 0.25) is 0 Å². The Balaban J connectivity index is 1.51. The van der Waals surface area contributed by atoms with Crippen molar-refractivity contribution in [3.63, 3.8) is 0 Å². The average Bonchev–Trinajstić information content (AvgIpc) is 2.98.